The summed E-state index contributed by atoms with van der Waals surface area (Å²) in [7, 11) is 0. The Hall–Kier alpha value is -1.06. The first kappa shape index (κ1) is 15.0. The van der Waals surface area contributed by atoms with Crippen LogP contribution in [0.15, 0.2) is 0 Å². The van der Waals surface area contributed by atoms with Gasteiger partial charge in [0.2, 0.25) is 5.91 Å². The number of carbonyl (C=O) groups is 2. The van der Waals surface area contributed by atoms with Crippen molar-refractivity contribution in [2.75, 3.05) is 13.1 Å². The fourth-order valence-electron chi connectivity index (χ4n) is 2.46. The first-order valence-electron chi connectivity index (χ1n) is 6.84. The molecule has 1 saturated carbocycles. The third-order valence-corrected chi connectivity index (χ3v) is 3.39. The number of carboxylic acid groups (broad SMARTS) is 1. The summed E-state index contributed by atoms with van der Waals surface area (Å²) in [6, 6.07) is 0. The SMILES string of the molecule is CC(C)CN(CC(C)C)C(=O)C1CCC1C(=O)O. The van der Waals surface area contributed by atoms with Crippen LogP contribution in [0.1, 0.15) is 40.5 Å². The minimum absolute atomic E-state index is 0.0380. The molecule has 0 radical (unpaired) electrons. The van der Waals surface area contributed by atoms with Crippen molar-refractivity contribution in [3.05, 3.63) is 0 Å². The van der Waals surface area contributed by atoms with E-state index in [1.54, 1.807) is 0 Å². The van der Waals surface area contributed by atoms with Gasteiger partial charge in [-0.3, -0.25) is 9.59 Å². The maximum absolute atomic E-state index is 12.4. The Labute approximate surface area is 109 Å². The van der Waals surface area contributed by atoms with Crippen LogP contribution in [0.4, 0.5) is 0 Å². The van der Waals surface area contributed by atoms with Crippen LogP contribution in [0, 0.1) is 23.7 Å². The number of hydrogen-bond donors (Lipinski definition) is 1. The summed E-state index contributed by atoms with van der Waals surface area (Å²) in [5.41, 5.74) is 0. The average molecular weight is 255 g/mol. The third kappa shape index (κ3) is 3.72. The number of aliphatic carboxylic acids is 1. The molecule has 4 nitrogen and oxygen atoms in total. The molecule has 1 fully saturated rings. The van der Waals surface area contributed by atoms with E-state index in [2.05, 4.69) is 27.7 Å². The van der Waals surface area contributed by atoms with Gasteiger partial charge in [-0.15, -0.1) is 0 Å². The maximum atomic E-state index is 12.4. The summed E-state index contributed by atoms with van der Waals surface area (Å²) in [5, 5.41) is 9.03. The highest BCUT2D eigenvalue weighted by Gasteiger charge is 2.43. The topological polar surface area (TPSA) is 57.6 Å². The van der Waals surface area contributed by atoms with Crippen molar-refractivity contribution in [2.24, 2.45) is 23.7 Å². The lowest BCUT2D eigenvalue weighted by molar-refractivity contribution is -0.157. The predicted octanol–water partition coefficient (Wildman–Crippen LogP) is 2.24. The number of hydrogen-bond acceptors (Lipinski definition) is 2. The highest BCUT2D eigenvalue weighted by Crippen LogP contribution is 2.36. The van der Waals surface area contributed by atoms with E-state index in [-0.39, 0.29) is 11.8 Å². The van der Waals surface area contributed by atoms with Crippen molar-refractivity contribution < 1.29 is 14.7 Å². The van der Waals surface area contributed by atoms with Crippen molar-refractivity contribution in [1.29, 1.82) is 0 Å². The van der Waals surface area contributed by atoms with Gasteiger partial charge in [-0.1, -0.05) is 27.7 Å². The molecule has 0 aromatic heterocycles. The van der Waals surface area contributed by atoms with Crippen molar-refractivity contribution in [3.8, 4) is 0 Å². The lowest BCUT2D eigenvalue weighted by Crippen LogP contribution is -2.48. The molecule has 1 rings (SSSR count). The molecule has 2 unspecified atom stereocenters. The van der Waals surface area contributed by atoms with E-state index in [1.165, 1.54) is 0 Å². The Morgan fingerprint density at radius 2 is 1.50 bits per heavy atom. The van der Waals surface area contributed by atoms with Gasteiger partial charge >= 0.3 is 5.97 Å². The molecule has 0 aliphatic heterocycles. The largest absolute Gasteiger partial charge is 0.481 e. The fourth-order valence-corrected chi connectivity index (χ4v) is 2.46. The molecule has 0 saturated heterocycles. The zero-order valence-corrected chi connectivity index (χ0v) is 11.8. The van der Waals surface area contributed by atoms with Crippen LogP contribution in [-0.4, -0.2) is 35.0 Å². The van der Waals surface area contributed by atoms with Crippen molar-refractivity contribution in [2.45, 2.75) is 40.5 Å². The van der Waals surface area contributed by atoms with Gasteiger partial charge in [-0.25, -0.2) is 0 Å². The Kier molecular flexibility index (Phi) is 5.17. The van der Waals surface area contributed by atoms with Gasteiger partial charge in [0.25, 0.3) is 0 Å². The van der Waals surface area contributed by atoms with Gasteiger partial charge in [0.15, 0.2) is 0 Å². The van der Waals surface area contributed by atoms with Gasteiger partial charge in [0.05, 0.1) is 11.8 Å². The van der Waals surface area contributed by atoms with Gasteiger partial charge in [-0.05, 0) is 24.7 Å². The molecular formula is C14H25NO3. The van der Waals surface area contributed by atoms with Crippen LogP contribution in [0.25, 0.3) is 0 Å². The molecule has 1 amide bonds. The Balaban J connectivity index is 2.66. The number of amides is 1. The summed E-state index contributed by atoms with van der Waals surface area (Å²) in [5.74, 6) is -0.712. The number of carbonyl (C=O) groups excluding carboxylic acids is 1. The monoisotopic (exact) mass is 255 g/mol. The van der Waals surface area contributed by atoms with Crippen LogP contribution in [0.3, 0.4) is 0 Å². The van der Waals surface area contributed by atoms with Crippen molar-refractivity contribution in [3.63, 3.8) is 0 Å². The quantitative estimate of drug-likeness (QED) is 0.792. The van der Waals surface area contributed by atoms with Crippen molar-refractivity contribution in [1.82, 2.24) is 4.90 Å². The molecule has 104 valence electrons. The normalized spacial score (nSPS) is 23.0. The highest BCUT2D eigenvalue weighted by atomic mass is 16.4. The van der Waals surface area contributed by atoms with E-state index >= 15 is 0 Å². The van der Waals surface area contributed by atoms with Gasteiger partial charge in [-0.2, -0.15) is 0 Å². The molecule has 2 atom stereocenters. The average Bonchev–Trinajstić information content (AvgIpc) is 2.11. The van der Waals surface area contributed by atoms with Gasteiger partial charge in [0.1, 0.15) is 0 Å². The molecule has 1 N–H and O–H groups in total. The molecule has 0 bridgehead atoms. The highest BCUT2D eigenvalue weighted by molar-refractivity contribution is 5.86. The summed E-state index contributed by atoms with van der Waals surface area (Å²) in [4.78, 5) is 25.2. The Morgan fingerprint density at radius 1 is 1.06 bits per heavy atom. The van der Waals surface area contributed by atoms with Crippen LogP contribution in [-0.2, 0) is 9.59 Å². The molecule has 1 aliphatic carbocycles. The van der Waals surface area contributed by atoms with Gasteiger partial charge < -0.3 is 10.0 Å². The number of nitrogens with zero attached hydrogens (tertiary/aromatic N) is 1. The van der Waals surface area contributed by atoms with Crippen molar-refractivity contribution >= 4 is 11.9 Å². The Bertz CT molecular complexity index is 302. The van der Waals surface area contributed by atoms with E-state index in [0.717, 1.165) is 19.5 Å². The third-order valence-electron chi connectivity index (χ3n) is 3.39. The molecule has 4 heteroatoms. The second-order valence-corrected chi connectivity index (χ2v) is 6.16. The smallest absolute Gasteiger partial charge is 0.307 e. The Morgan fingerprint density at radius 3 is 1.78 bits per heavy atom. The molecule has 0 spiro atoms. The molecule has 0 aromatic rings. The number of rotatable bonds is 6. The molecule has 0 aromatic carbocycles. The van der Waals surface area contributed by atoms with E-state index in [0.29, 0.717) is 18.3 Å². The molecule has 0 heterocycles. The van der Waals surface area contributed by atoms with Crippen LogP contribution in [0.2, 0.25) is 0 Å². The minimum atomic E-state index is -0.825. The zero-order chi connectivity index (χ0) is 13.9. The lowest BCUT2D eigenvalue weighted by Gasteiger charge is -2.37. The minimum Gasteiger partial charge on any atom is -0.481 e. The van der Waals surface area contributed by atoms with E-state index in [4.69, 9.17) is 5.11 Å². The summed E-state index contributed by atoms with van der Waals surface area (Å²) in [6.45, 7) is 9.76. The standard InChI is InChI=1S/C14H25NO3/c1-9(2)7-15(8-10(3)4)13(16)11-5-6-12(11)14(17)18/h9-12H,5-8H2,1-4H3,(H,17,18). The lowest BCUT2D eigenvalue weighted by atomic mass is 9.72. The second-order valence-electron chi connectivity index (χ2n) is 6.16. The first-order chi connectivity index (χ1) is 8.32. The first-order valence-corrected chi connectivity index (χ1v) is 6.84. The molecule has 18 heavy (non-hydrogen) atoms. The van der Waals surface area contributed by atoms with Crippen LogP contribution >= 0.6 is 0 Å². The van der Waals surface area contributed by atoms with E-state index in [9.17, 15) is 9.59 Å². The zero-order valence-electron chi connectivity index (χ0n) is 11.8. The maximum Gasteiger partial charge on any atom is 0.307 e. The summed E-state index contributed by atoms with van der Waals surface area (Å²) >= 11 is 0. The summed E-state index contributed by atoms with van der Waals surface area (Å²) in [6.07, 6.45) is 1.37. The molecule has 1 aliphatic rings. The van der Waals surface area contributed by atoms with E-state index < -0.39 is 11.9 Å². The number of carboxylic acids is 1. The van der Waals surface area contributed by atoms with Crippen LogP contribution in [0.5, 0.6) is 0 Å². The summed E-state index contributed by atoms with van der Waals surface area (Å²) < 4.78 is 0. The fraction of sp³-hybridized carbons (Fsp3) is 0.857. The van der Waals surface area contributed by atoms with Crippen LogP contribution < -0.4 is 0 Å². The molecular weight excluding hydrogens is 230 g/mol. The predicted molar refractivity (Wildman–Crippen MR) is 70.1 cm³/mol. The van der Waals surface area contributed by atoms with E-state index in [1.807, 2.05) is 4.90 Å². The van der Waals surface area contributed by atoms with Gasteiger partial charge in [0, 0.05) is 13.1 Å². The second kappa shape index (κ2) is 6.21.